The van der Waals surface area contributed by atoms with Crippen LogP contribution in [0.5, 0.6) is 0 Å². The van der Waals surface area contributed by atoms with E-state index >= 15 is 0 Å². The number of fused-ring (bicyclic) bond motifs is 1. The van der Waals surface area contributed by atoms with Crippen LogP contribution < -0.4 is 0 Å². The highest BCUT2D eigenvalue weighted by molar-refractivity contribution is 7.08. The molecule has 0 aliphatic heterocycles. The van der Waals surface area contributed by atoms with E-state index < -0.39 is 0 Å². The standard InChI is InChI=1S/C30H34S/c1-4-8-26-19-22(11-13-23(26)5-2)12-14-25-10-7-9-24(6-3)30-20-27(15-16-29(25)30)28-17-18-31-21-28/h10-21,24H,4-9H2,1-3H3/b14-12+. The molecule has 0 radical (unpaired) electrons. The molecule has 31 heavy (non-hydrogen) atoms. The molecule has 2 aromatic carbocycles. The van der Waals surface area contributed by atoms with Gasteiger partial charge in [0.2, 0.25) is 0 Å². The van der Waals surface area contributed by atoms with Gasteiger partial charge in [0, 0.05) is 0 Å². The minimum absolute atomic E-state index is 0.635. The lowest BCUT2D eigenvalue weighted by Gasteiger charge is -2.18. The lowest BCUT2D eigenvalue weighted by molar-refractivity contribution is 0.617. The Morgan fingerprint density at radius 3 is 2.58 bits per heavy atom. The lowest BCUT2D eigenvalue weighted by Crippen LogP contribution is -1.99. The molecule has 1 aliphatic carbocycles. The molecule has 1 heteroatoms. The predicted octanol–water partition coefficient (Wildman–Crippen LogP) is 9.31. The maximum absolute atomic E-state index is 2.45. The van der Waals surface area contributed by atoms with Gasteiger partial charge >= 0.3 is 0 Å². The summed E-state index contributed by atoms with van der Waals surface area (Å²) in [6, 6.07) is 16.3. The molecule has 160 valence electrons. The number of rotatable bonds is 7. The van der Waals surface area contributed by atoms with Gasteiger partial charge in [-0.1, -0.05) is 81.8 Å². The molecule has 0 spiro atoms. The highest BCUT2D eigenvalue weighted by Crippen LogP contribution is 2.38. The molecule has 0 N–H and O–H groups in total. The fourth-order valence-electron chi connectivity index (χ4n) is 4.84. The highest BCUT2D eigenvalue weighted by atomic mass is 32.1. The minimum Gasteiger partial charge on any atom is -0.152 e. The van der Waals surface area contributed by atoms with E-state index in [9.17, 15) is 0 Å². The van der Waals surface area contributed by atoms with E-state index in [4.69, 9.17) is 0 Å². The molecule has 4 rings (SSSR count). The molecule has 1 unspecified atom stereocenters. The normalized spacial score (nSPS) is 16.2. The summed E-state index contributed by atoms with van der Waals surface area (Å²) in [5.74, 6) is 0.635. The number of allylic oxidation sites excluding steroid dienone is 3. The second-order valence-corrected chi connectivity index (χ2v) is 9.40. The summed E-state index contributed by atoms with van der Waals surface area (Å²) in [5.41, 5.74) is 11.3. The van der Waals surface area contributed by atoms with Crippen LogP contribution in [-0.2, 0) is 12.8 Å². The molecule has 1 atom stereocenters. The zero-order valence-electron chi connectivity index (χ0n) is 19.2. The summed E-state index contributed by atoms with van der Waals surface area (Å²) in [5, 5.41) is 4.42. The zero-order valence-corrected chi connectivity index (χ0v) is 20.0. The van der Waals surface area contributed by atoms with Crippen molar-refractivity contribution < 1.29 is 0 Å². The minimum atomic E-state index is 0.635. The number of benzene rings is 2. The average molecular weight is 427 g/mol. The van der Waals surface area contributed by atoms with Crippen LogP contribution in [0.3, 0.4) is 0 Å². The van der Waals surface area contributed by atoms with Crippen molar-refractivity contribution in [2.24, 2.45) is 0 Å². The third-order valence-corrected chi connectivity index (χ3v) is 7.30. The summed E-state index contributed by atoms with van der Waals surface area (Å²) >= 11 is 1.77. The van der Waals surface area contributed by atoms with Crippen molar-refractivity contribution >= 4 is 23.0 Å². The van der Waals surface area contributed by atoms with Crippen molar-refractivity contribution in [1.82, 2.24) is 0 Å². The van der Waals surface area contributed by atoms with Crippen LogP contribution in [0.25, 0.3) is 22.8 Å². The van der Waals surface area contributed by atoms with Crippen molar-refractivity contribution in [3.05, 3.63) is 93.2 Å². The Balaban J connectivity index is 1.68. The lowest BCUT2D eigenvalue weighted by atomic mass is 9.86. The van der Waals surface area contributed by atoms with Gasteiger partial charge in [0.15, 0.2) is 0 Å². The molecule has 0 nitrogen and oxygen atoms in total. The monoisotopic (exact) mass is 426 g/mol. The summed E-state index contributed by atoms with van der Waals surface area (Å²) in [4.78, 5) is 0. The van der Waals surface area contributed by atoms with E-state index in [0.29, 0.717) is 5.92 Å². The second-order valence-electron chi connectivity index (χ2n) is 8.62. The smallest absolute Gasteiger partial charge is 0.00147 e. The molecule has 0 saturated heterocycles. The van der Waals surface area contributed by atoms with Gasteiger partial charge in [0.1, 0.15) is 0 Å². The second kappa shape index (κ2) is 10.3. The van der Waals surface area contributed by atoms with E-state index in [0.717, 1.165) is 12.8 Å². The predicted molar refractivity (Wildman–Crippen MR) is 139 cm³/mol. The van der Waals surface area contributed by atoms with E-state index in [1.165, 1.54) is 70.2 Å². The number of hydrogen-bond donors (Lipinski definition) is 0. The molecule has 3 aromatic rings. The Kier molecular flexibility index (Phi) is 7.25. The Morgan fingerprint density at radius 1 is 0.935 bits per heavy atom. The molecule has 0 saturated carbocycles. The van der Waals surface area contributed by atoms with Crippen molar-refractivity contribution in [3.63, 3.8) is 0 Å². The first kappa shape index (κ1) is 21.8. The SMILES string of the molecule is CCCc1cc(/C=C/C2=CCCC(CC)c3cc(-c4ccsc4)ccc32)ccc1CC. The average Bonchev–Trinajstić information content (AvgIpc) is 3.28. The van der Waals surface area contributed by atoms with Gasteiger partial charge in [-0.15, -0.1) is 0 Å². The summed E-state index contributed by atoms with van der Waals surface area (Å²) in [6.07, 6.45) is 14.2. The largest absolute Gasteiger partial charge is 0.152 e. The fourth-order valence-corrected chi connectivity index (χ4v) is 5.51. The van der Waals surface area contributed by atoms with Gasteiger partial charge in [-0.2, -0.15) is 11.3 Å². The van der Waals surface area contributed by atoms with Crippen LogP contribution in [0.1, 0.15) is 80.2 Å². The quantitative estimate of drug-likeness (QED) is 0.353. The van der Waals surface area contributed by atoms with Crippen molar-refractivity contribution in [3.8, 4) is 11.1 Å². The Labute approximate surface area is 192 Å². The molecule has 0 bridgehead atoms. The Morgan fingerprint density at radius 2 is 1.84 bits per heavy atom. The van der Waals surface area contributed by atoms with Crippen LogP contribution in [0, 0.1) is 0 Å². The van der Waals surface area contributed by atoms with Gasteiger partial charge in [-0.05, 0) is 99.4 Å². The van der Waals surface area contributed by atoms with E-state index in [2.05, 4.69) is 92.2 Å². The maximum atomic E-state index is 2.45. The fraction of sp³-hybridized carbons (Fsp3) is 0.333. The molecule has 0 amide bonds. The van der Waals surface area contributed by atoms with Gasteiger partial charge in [0.05, 0.1) is 0 Å². The molecular formula is C30H34S. The van der Waals surface area contributed by atoms with Gasteiger partial charge in [-0.25, -0.2) is 0 Å². The van der Waals surface area contributed by atoms with Crippen molar-refractivity contribution in [2.45, 2.75) is 65.2 Å². The molecule has 1 heterocycles. The molecule has 1 aromatic heterocycles. The van der Waals surface area contributed by atoms with Gasteiger partial charge in [0.25, 0.3) is 0 Å². The van der Waals surface area contributed by atoms with Crippen molar-refractivity contribution in [1.29, 1.82) is 0 Å². The summed E-state index contributed by atoms with van der Waals surface area (Å²) in [7, 11) is 0. The molecule has 1 aliphatic rings. The van der Waals surface area contributed by atoms with Gasteiger partial charge in [-0.3, -0.25) is 0 Å². The summed E-state index contributed by atoms with van der Waals surface area (Å²) < 4.78 is 0. The van der Waals surface area contributed by atoms with Crippen LogP contribution in [0.15, 0.2) is 65.4 Å². The van der Waals surface area contributed by atoms with E-state index in [1.54, 1.807) is 11.3 Å². The Hall–Kier alpha value is -2.38. The first-order valence-corrected chi connectivity index (χ1v) is 12.8. The van der Waals surface area contributed by atoms with Gasteiger partial charge < -0.3 is 0 Å². The number of hydrogen-bond acceptors (Lipinski definition) is 1. The third-order valence-electron chi connectivity index (χ3n) is 6.61. The Bertz CT molecular complexity index is 1070. The molecule has 0 fully saturated rings. The first-order valence-electron chi connectivity index (χ1n) is 11.9. The van der Waals surface area contributed by atoms with Crippen LogP contribution in [0.4, 0.5) is 0 Å². The van der Waals surface area contributed by atoms with Crippen molar-refractivity contribution in [2.75, 3.05) is 0 Å². The molecular weight excluding hydrogens is 392 g/mol. The number of aryl methyl sites for hydroxylation is 2. The highest BCUT2D eigenvalue weighted by Gasteiger charge is 2.19. The van der Waals surface area contributed by atoms with Crippen LogP contribution in [0.2, 0.25) is 0 Å². The first-order chi connectivity index (χ1) is 15.2. The third kappa shape index (κ3) is 4.93. The number of thiophene rings is 1. The maximum Gasteiger partial charge on any atom is -0.00147 e. The van der Waals surface area contributed by atoms with Crippen LogP contribution >= 0.6 is 11.3 Å². The summed E-state index contributed by atoms with van der Waals surface area (Å²) in [6.45, 7) is 6.85. The van der Waals surface area contributed by atoms with Crippen LogP contribution in [-0.4, -0.2) is 0 Å². The van der Waals surface area contributed by atoms with E-state index in [1.807, 2.05) is 0 Å². The zero-order chi connectivity index (χ0) is 21.6. The van der Waals surface area contributed by atoms with E-state index in [-0.39, 0.29) is 0 Å². The topological polar surface area (TPSA) is 0 Å².